The van der Waals surface area contributed by atoms with Crippen molar-refractivity contribution in [3.63, 3.8) is 0 Å². The minimum Gasteiger partial charge on any atom is -0.497 e. The van der Waals surface area contributed by atoms with Gasteiger partial charge >= 0.3 is 0 Å². The molecule has 0 aliphatic rings. The third-order valence-electron chi connectivity index (χ3n) is 2.74. The molecule has 0 heterocycles. The number of methoxy groups -OCH3 is 1. The molecule has 100 valence electrons. The molecule has 2 rings (SSSR count). The fourth-order valence-corrected chi connectivity index (χ4v) is 3.07. The zero-order chi connectivity index (χ0) is 14.0. The van der Waals surface area contributed by atoms with E-state index in [0.717, 1.165) is 5.56 Å². The normalized spacial score (nSPS) is 12.3. The fourth-order valence-electron chi connectivity index (χ4n) is 1.72. The van der Waals surface area contributed by atoms with E-state index in [9.17, 15) is 4.39 Å². The highest BCUT2D eigenvalue weighted by Crippen LogP contribution is 2.38. The van der Waals surface area contributed by atoms with Gasteiger partial charge in [0.05, 0.1) is 17.0 Å². The summed E-state index contributed by atoms with van der Waals surface area (Å²) < 4.78 is 19.1. The highest BCUT2D eigenvalue weighted by Gasteiger charge is 2.19. The quantitative estimate of drug-likeness (QED) is 0.642. The molecule has 0 aliphatic heterocycles. The average Bonchev–Trinajstić information content (AvgIpc) is 2.41. The first-order valence-corrected chi connectivity index (χ1v) is 7.13. The zero-order valence-electron chi connectivity index (χ0n) is 9.96. The van der Waals surface area contributed by atoms with E-state index >= 15 is 0 Å². The molecule has 0 saturated heterocycles. The van der Waals surface area contributed by atoms with Gasteiger partial charge in [-0.2, -0.15) is 0 Å². The van der Waals surface area contributed by atoms with Gasteiger partial charge in [0.2, 0.25) is 0 Å². The number of hydrogen-bond donors (Lipinski definition) is 0. The molecule has 1 unspecified atom stereocenters. The van der Waals surface area contributed by atoms with Gasteiger partial charge in [-0.15, -0.1) is 0 Å². The Labute approximate surface area is 129 Å². The Balaban J connectivity index is 2.44. The lowest BCUT2D eigenvalue weighted by Crippen LogP contribution is -1.98. The van der Waals surface area contributed by atoms with Crippen molar-refractivity contribution in [2.75, 3.05) is 7.11 Å². The molecular weight excluding hydrogens is 354 g/mol. The number of rotatable bonds is 3. The van der Waals surface area contributed by atoms with Crippen LogP contribution in [0.4, 0.5) is 4.39 Å². The molecule has 0 aliphatic carbocycles. The van der Waals surface area contributed by atoms with E-state index in [-0.39, 0.29) is 9.85 Å². The molecule has 0 saturated carbocycles. The molecular formula is C14H10BrCl2FO. The van der Waals surface area contributed by atoms with Crippen LogP contribution >= 0.6 is 39.1 Å². The predicted molar refractivity (Wildman–Crippen MR) is 80.2 cm³/mol. The van der Waals surface area contributed by atoms with Gasteiger partial charge in [-0.1, -0.05) is 57.3 Å². The lowest BCUT2D eigenvalue weighted by Gasteiger charge is -2.14. The first-order chi connectivity index (χ1) is 9.04. The molecule has 1 nitrogen and oxygen atoms in total. The van der Waals surface area contributed by atoms with Crippen molar-refractivity contribution in [1.29, 1.82) is 0 Å². The van der Waals surface area contributed by atoms with Crippen LogP contribution in [0, 0.1) is 5.82 Å². The zero-order valence-corrected chi connectivity index (χ0v) is 13.1. The van der Waals surface area contributed by atoms with Gasteiger partial charge in [-0.05, 0) is 23.8 Å². The fraction of sp³-hybridized carbons (Fsp3) is 0.143. The van der Waals surface area contributed by atoms with Gasteiger partial charge in [0, 0.05) is 10.6 Å². The Bertz CT molecular complexity index is 604. The first kappa shape index (κ1) is 14.6. The minimum absolute atomic E-state index is 0.0894. The lowest BCUT2D eigenvalue weighted by atomic mass is 10.0. The van der Waals surface area contributed by atoms with E-state index in [0.29, 0.717) is 16.3 Å². The monoisotopic (exact) mass is 362 g/mol. The summed E-state index contributed by atoms with van der Waals surface area (Å²) in [5.74, 6) is 0.206. The Morgan fingerprint density at radius 1 is 1.11 bits per heavy atom. The van der Waals surface area contributed by atoms with Crippen molar-refractivity contribution < 1.29 is 9.13 Å². The second-order valence-electron chi connectivity index (χ2n) is 3.89. The highest BCUT2D eigenvalue weighted by molar-refractivity contribution is 9.09. The first-order valence-electron chi connectivity index (χ1n) is 5.46. The Hall–Kier alpha value is -0.770. The molecule has 2 aromatic rings. The summed E-state index contributed by atoms with van der Waals surface area (Å²) >= 11 is 15.4. The van der Waals surface area contributed by atoms with Crippen molar-refractivity contribution in [2.24, 2.45) is 0 Å². The summed E-state index contributed by atoms with van der Waals surface area (Å²) in [6.07, 6.45) is 0. The smallest absolute Gasteiger partial charge is 0.146 e. The summed E-state index contributed by atoms with van der Waals surface area (Å²) in [5, 5.41) is 0.590. The van der Waals surface area contributed by atoms with E-state index in [2.05, 4.69) is 15.9 Å². The van der Waals surface area contributed by atoms with Crippen LogP contribution in [0.3, 0.4) is 0 Å². The SMILES string of the molecule is COc1ccc(C(Br)c2cccc(Cl)c2F)c(Cl)c1. The summed E-state index contributed by atoms with van der Waals surface area (Å²) in [6, 6.07) is 10.1. The summed E-state index contributed by atoms with van der Waals surface area (Å²) in [5.41, 5.74) is 1.20. The van der Waals surface area contributed by atoms with Crippen molar-refractivity contribution >= 4 is 39.1 Å². The van der Waals surface area contributed by atoms with Gasteiger partial charge in [0.25, 0.3) is 0 Å². The third-order valence-corrected chi connectivity index (χ3v) is 4.34. The molecule has 0 bridgehead atoms. The van der Waals surface area contributed by atoms with E-state index in [1.807, 2.05) is 0 Å². The van der Waals surface area contributed by atoms with Gasteiger partial charge < -0.3 is 4.74 Å². The maximum atomic E-state index is 14.0. The van der Waals surface area contributed by atoms with Gasteiger partial charge in [-0.25, -0.2) is 4.39 Å². The van der Waals surface area contributed by atoms with Crippen molar-refractivity contribution in [3.05, 3.63) is 63.4 Å². The molecule has 0 amide bonds. The van der Waals surface area contributed by atoms with Crippen LogP contribution in [0.1, 0.15) is 16.0 Å². The van der Waals surface area contributed by atoms with Crippen LogP contribution in [0.2, 0.25) is 10.0 Å². The van der Waals surface area contributed by atoms with Gasteiger partial charge in [-0.3, -0.25) is 0 Å². The minimum atomic E-state index is -0.446. The van der Waals surface area contributed by atoms with E-state index in [1.165, 1.54) is 6.07 Å². The molecule has 1 atom stereocenters. The van der Waals surface area contributed by atoms with Crippen LogP contribution in [0.25, 0.3) is 0 Å². The second kappa shape index (κ2) is 6.12. The summed E-state index contributed by atoms with van der Waals surface area (Å²) in [6.45, 7) is 0. The Kier molecular flexibility index (Phi) is 4.71. The van der Waals surface area contributed by atoms with Crippen molar-refractivity contribution in [2.45, 2.75) is 4.83 Å². The lowest BCUT2D eigenvalue weighted by molar-refractivity contribution is 0.414. The Morgan fingerprint density at radius 2 is 1.84 bits per heavy atom. The van der Waals surface area contributed by atoms with Crippen molar-refractivity contribution in [1.82, 2.24) is 0 Å². The van der Waals surface area contributed by atoms with Gasteiger partial charge in [0.15, 0.2) is 0 Å². The number of halogens is 4. The molecule has 0 N–H and O–H groups in total. The average molecular weight is 364 g/mol. The summed E-state index contributed by atoms with van der Waals surface area (Å²) in [4.78, 5) is -0.371. The second-order valence-corrected chi connectivity index (χ2v) is 5.62. The Morgan fingerprint density at radius 3 is 2.47 bits per heavy atom. The van der Waals surface area contributed by atoms with Crippen LogP contribution in [-0.4, -0.2) is 7.11 Å². The number of hydrogen-bond acceptors (Lipinski definition) is 1. The topological polar surface area (TPSA) is 9.23 Å². The van der Waals surface area contributed by atoms with E-state index in [4.69, 9.17) is 27.9 Å². The molecule has 2 aromatic carbocycles. The molecule has 5 heteroatoms. The van der Waals surface area contributed by atoms with Crippen LogP contribution in [0.15, 0.2) is 36.4 Å². The maximum absolute atomic E-state index is 14.0. The van der Waals surface area contributed by atoms with Gasteiger partial charge in [0.1, 0.15) is 11.6 Å². The summed E-state index contributed by atoms with van der Waals surface area (Å²) in [7, 11) is 1.56. The largest absolute Gasteiger partial charge is 0.497 e. The van der Waals surface area contributed by atoms with Crippen LogP contribution < -0.4 is 4.74 Å². The highest BCUT2D eigenvalue weighted by atomic mass is 79.9. The molecule has 0 fully saturated rings. The van der Waals surface area contributed by atoms with Crippen LogP contribution in [-0.2, 0) is 0 Å². The predicted octanol–water partition coefficient (Wildman–Crippen LogP) is 5.63. The molecule has 0 spiro atoms. The van der Waals surface area contributed by atoms with Crippen molar-refractivity contribution in [3.8, 4) is 5.75 Å². The van der Waals surface area contributed by atoms with E-state index in [1.54, 1.807) is 37.4 Å². The molecule has 0 radical (unpaired) electrons. The van der Waals surface area contributed by atoms with E-state index < -0.39 is 5.82 Å². The number of benzene rings is 2. The standard InChI is InChI=1S/C14H10BrCl2FO/c1-19-8-5-6-9(12(17)7-8)13(15)10-3-2-4-11(16)14(10)18/h2-7,13H,1H3. The molecule has 0 aromatic heterocycles. The number of ether oxygens (including phenoxy) is 1. The van der Waals surface area contributed by atoms with Crippen LogP contribution in [0.5, 0.6) is 5.75 Å². The number of alkyl halides is 1. The third kappa shape index (κ3) is 3.04. The maximum Gasteiger partial charge on any atom is 0.146 e. The molecule has 19 heavy (non-hydrogen) atoms.